The summed E-state index contributed by atoms with van der Waals surface area (Å²) < 4.78 is 0. The van der Waals surface area contributed by atoms with Gasteiger partial charge in [0.05, 0.1) is 12.5 Å². The van der Waals surface area contributed by atoms with Gasteiger partial charge in [0.1, 0.15) is 11.5 Å². The smallest absolute Gasteiger partial charge is 0.183 e. The van der Waals surface area contributed by atoms with Crippen molar-refractivity contribution in [3.05, 3.63) is 54.1 Å². The lowest BCUT2D eigenvalue weighted by Crippen LogP contribution is -2.09. The first-order valence-corrected chi connectivity index (χ1v) is 12.5. The number of hydrogen-bond acceptors (Lipinski definition) is 3. The summed E-state index contributed by atoms with van der Waals surface area (Å²) in [5.41, 5.74) is 1.70. The third-order valence-corrected chi connectivity index (χ3v) is 3.15. The minimum atomic E-state index is 0.0421. The van der Waals surface area contributed by atoms with Gasteiger partial charge in [0.15, 0.2) is 5.78 Å². The van der Waals surface area contributed by atoms with Gasteiger partial charge in [-0.25, -0.2) is 4.98 Å². The number of rotatable bonds is 5. The fourth-order valence-corrected chi connectivity index (χ4v) is 1.70. The zero-order valence-electron chi connectivity index (χ0n) is 23.7. The average molecular weight is 451 g/mol. The highest BCUT2D eigenvalue weighted by Gasteiger charge is 2.10. The molecule has 1 heterocycles. The maximum Gasteiger partial charge on any atom is 0.183 e. The van der Waals surface area contributed by atoms with Gasteiger partial charge in [-0.05, 0) is 5.56 Å². The Morgan fingerprint density at radius 3 is 1.50 bits per heavy atom. The Labute approximate surface area is 200 Å². The maximum atomic E-state index is 11.3. The lowest BCUT2D eigenvalue weighted by Gasteiger charge is -2.02. The van der Waals surface area contributed by atoms with Crippen LogP contribution in [0.2, 0.25) is 0 Å². The van der Waals surface area contributed by atoms with Crippen molar-refractivity contribution in [1.29, 1.82) is 0 Å². The van der Waals surface area contributed by atoms with Crippen molar-refractivity contribution in [2.75, 3.05) is 0 Å². The van der Waals surface area contributed by atoms with Crippen molar-refractivity contribution in [3.8, 4) is 0 Å². The Balaban J connectivity index is -0.000000110. The molecule has 0 unspecified atom stereocenters. The number of Topliss-reactive ketones (excluding diaryl/α,β-unsaturated/α-hetero) is 2. The summed E-state index contributed by atoms with van der Waals surface area (Å²) in [4.78, 5) is 29.0. The quantitative estimate of drug-likeness (QED) is 0.463. The van der Waals surface area contributed by atoms with E-state index in [1.807, 2.05) is 127 Å². The summed E-state index contributed by atoms with van der Waals surface area (Å²) >= 11 is 0. The van der Waals surface area contributed by atoms with Gasteiger partial charge in [-0.1, -0.05) is 127 Å². The van der Waals surface area contributed by atoms with Crippen molar-refractivity contribution in [2.24, 2.45) is 11.8 Å². The molecule has 0 aliphatic heterocycles. The summed E-state index contributed by atoms with van der Waals surface area (Å²) in [6.45, 7) is 27.6. The van der Waals surface area contributed by atoms with Gasteiger partial charge >= 0.3 is 0 Å². The predicted octanol–water partition coefficient (Wildman–Crippen LogP) is 8.83. The van der Waals surface area contributed by atoms with E-state index in [4.69, 9.17) is 0 Å². The fraction of sp³-hybridized carbons (Fsp3) is 0.607. The molecule has 188 valence electrons. The normalized spacial score (nSPS) is 8.00. The number of nitrogens with one attached hydrogen (secondary N) is 1. The average Bonchev–Trinajstić information content (AvgIpc) is 3.41. The zero-order chi connectivity index (χ0) is 26.5. The van der Waals surface area contributed by atoms with Crippen LogP contribution in [0.5, 0.6) is 0 Å². The third-order valence-electron chi connectivity index (χ3n) is 3.15. The van der Waals surface area contributed by atoms with Crippen LogP contribution in [0.1, 0.15) is 113 Å². The fourth-order valence-electron chi connectivity index (χ4n) is 1.70. The second-order valence-corrected chi connectivity index (χ2v) is 5.77. The summed E-state index contributed by atoms with van der Waals surface area (Å²) in [5, 5.41) is 0. The molecule has 0 bridgehead atoms. The number of nitrogens with zero attached hydrogens (tertiary/aromatic N) is 1. The first-order valence-electron chi connectivity index (χ1n) is 12.5. The first-order chi connectivity index (χ1) is 15.4. The number of carbonyl (C=O) groups is 2. The number of H-pyrrole nitrogens is 1. The highest BCUT2D eigenvalue weighted by atomic mass is 16.1. The Morgan fingerprint density at radius 2 is 1.19 bits per heavy atom. The van der Waals surface area contributed by atoms with Crippen LogP contribution in [0.4, 0.5) is 0 Å². The standard InChI is InChI=1S/C11H14O.C7H10N2O.5C2H6/c1-9(2)11(12)8-10-6-4-3-5-7-10;1-5(2)7(10)6-3-8-4-9-6;5*1-2/h3-7,9H,8H2,1-2H3;3-5H,1-2H3,(H,8,9);5*1-2H3. The number of aromatic nitrogens is 2. The van der Waals surface area contributed by atoms with Crippen LogP contribution in [0.15, 0.2) is 42.9 Å². The van der Waals surface area contributed by atoms with Crippen LogP contribution >= 0.6 is 0 Å². The van der Waals surface area contributed by atoms with Crippen molar-refractivity contribution in [1.82, 2.24) is 9.97 Å². The Hall–Kier alpha value is -2.23. The van der Waals surface area contributed by atoms with Crippen molar-refractivity contribution < 1.29 is 9.59 Å². The largest absolute Gasteiger partial charge is 0.342 e. The van der Waals surface area contributed by atoms with Gasteiger partial charge in [0, 0.05) is 18.3 Å². The molecule has 0 amide bonds. The SMILES string of the molecule is CC.CC.CC.CC.CC.CC(C)C(=O)Cc1ccccc1.CC(C)C(=O)c1cnc[nH]1. The summed E-state index contributed by atoms with van der Waals surface area (Å²) in [6, 6.07) is 9.86. The molecule has 4 heteroatoms. The van der Waals surface area contributed by atoms with E-state index in [9.17, 15) is 9.59 Å². The third kappa shape index (κ3) is 24.0. The lowest BCUT2D eigenvalue weighted by atomic mass is 10.0. The second-order valence-electron chi connectivity index (χ2n) is 5.77. The molecule has 0 fully saturated rings. The van der Waals surface area contributed by atoms with Crippen LogP contribution in [-0.4, -0.2) is 21.5 Å². The summed E-state index contributed by atoms with van der Waals surface area (Å²) in [7, 11) is 0. The molecule has 0 saturated heterocycles. The van der Waals surface area contributed by atoms with E-state index >= 15 is 0 Å². The Morgan fingerprint density at radius 1 is 0.750 bits per heavy atom. The van der Waals surface area contributed by atoms with E-state index in [0.717, 1.165) is 5.56 Å². The van der Waals surface area contributed by atoms with Crippen molar-refractivity contribution >= 4 is 11.6 Å². The van der Waals surface area contributed by atoms with Gasteiger partial charge in [-0.15, -0.1) is 0 Å². The highest BCUT2D eigenvalue weighted by Crippen LogP contribution is 2.05. The Bertz CT molecular complexity index is 575. The number of imidazole rings is 1. The molecule has 1 aromatic carbocycles. The number of carbonyl (C=O) groups excluding carboxylic acids is 2. The molecule has 2 aromatic rings. The molecule has 0 aliphatic rings. The van der Waals surface area contributed by atoms with E-state index in [-0.39, 0.29) is 17.6 Å². The maximum absolute atomic E-state index is 11.3. The molecular weight excluding hydrogens is 396 g/mol. The zero-order valence-corrected chi connectivity index (χ0v) is 23.7. The van der Waals surface area contributed by atoms with Crippen LogP contribution in [-0.2, 0) is 11.2 Å². The van der Waals surface area contributed by atoms with E-state index in [0.29, 0.717) is 17.9 Å². The predicted molar refractivity (Wildman–Crippen MR) is 144 cm³/mol. The lowest BCUT2D eigenvalue weighted by molar-refractivity contribution is -0.121. The van der Waals surface area contributed by atoms with E-state index in [1.165, 1.54) is 6.33 Å². The van der Waals surface area contributed by atoms with Crippen LogP contribution in [0, 0.1) is 11.8 Å². The number of ketones is 2. The number of benzene rings is 1. The van der Waals surface area contributed by atoms with Crippen LogP contribution < -0.4 is 0 Å². The van der Waals surface area contributed by atoms with Gasteiger partial charge in [0.25, 0.3) is 0 Å². The van der Waals surface area contributed by atoms with E-state index < -0.39 is 0 Å². The molecule has 0 radical (unpaired) electrons. The molecular formula is C28H54N2O2. The molecule has 1 N–H and O–H groups in total. The van der Waals surface area contributed by atoms with Crippen molar-refractivity contribution in [3.63, 3.8) is 0 Å². The first kappa shape index (κ1) is 40.2. The molecule has 0 atom stereocenters. The number of hydrogen-bond donors (Lipinski definition) is 1. The molecule has 2 rings (SSSR count). The Kier molecular flexibility index (Phi) is 41.9. The van der Waals surface area contributed by atoms with Gasteiger partial charge in [0.2, 0.25) is 0 Å². The highest BCUT2D eigenvalue weighted by molar-refractivity contribution is 5.95. The second kappa shape index (κ2) is 33.4. The van der Waals surface area contributed by atoms with Crippen LogP contribution in [0.25, 0.3) is 0 Å². The molecule has 32 heavy (non-hydrogen) atoms. The molecule has 0 aliphatic carbocycles. The van der Waals surface area contributed by atoms with Gasteiger partial charge in [-0.3, -0.25) is 9.59 Å². The minimum Gasteiger partial charge on any atom is -0.342 e. The summed E-state index contributed by atoms with van der Waals surface area (Å²) in [5.74, 6) is 0.601. The molecule has 4 nitrogen and oxygen atoms in total. The minimum absolute atomic E-state index is 0.0421. The number of aromatic amines is 1. The summed E-state index contributed by atoms with van der Waals surface area (Å²) in [6.07, 6.45) is 3.62. The van der Waals surface area contributed by atoms with Crippen molar-refractivity contribution in [2.45, 2.75) is 103 Å². The van der Waals surface area contributed by atoms with E-state index in [2.05, 4.69) is 9.97 Å². The van der Waals surface area contributed by atoms with Gasteiger partial charge < -0.3 is 4.98 Å². The monoisotopic (exact) mass is 450 g/mol. The topological polar surface area (TPSA) is 62.8 Å². The molecule has 0 spiro atoms. The van der Waals surface area contributed by atoms with E-state index in [1.54, 1.807) is 6.20 Å². The van der Waals surface area contributed by atoms with Crippen LogP contribution in [0.3, 0.4) is 0 Å². The molecule has 1 aromatic heterocycles. The van der Waals surface area contributed by atoms with Gasteiger partial charge in [-0.2, -0.15) is 0 Å². The molecule has 0 saturated carbocycles.